The van der Waals surface area contributed by atoms with Crippen LogP contribution in [0, 0.1) is 0 Å². The third-order valence-electron chi connectivity index (χ3n) is 3.63. The van der Waals surface area contributed by atoms with E-state index in [1.165, 1.54) is 7.11 Å². The molecule has 0 aliphatic carbocycles. The summed E-state index contributed by atoms with van der Waals surface area (Å²) in [7, 11) is 1.38. The number of piperazine rings is 1. The van der Waals surface area contributed by atoms with E-state index in [0.29, 0.717) is 26.2 Å². The Morgan fingerprint density at radius 1 is 1.11 bits per heavy atom. The van der Waals surface area contributed by atoms with Crippen molar-refractivity contribution in [1.29, 1.82) is 0 Å². The van der Waals surface area contributed by atoms with Crippen LogP contribution in [0.3, 0.4) is 0 Å². The Hall–Kier alpha value is -1.30. The maximum absolute atomic E-state index is 12.2. The van der Waals surface area contributed by atoms with Gasteiger partial charge in [0.1, 0.15) is 0 Å². The monoisotopic (exact) mass is 255 g/mol. The van der Waals surface area contributed by atoms with Gasteiger partial charge in [-0.1, -0.05) is 6.42 Å². The Balaban J connectivity index is 1.81. The smallest absolute Gasteiger partial charge is 0.409 e. The Morgan fingerprint density at radius 2 is 1.78 bits per heavy atom. The molecule has 0 spiro atoms. The summed E-state index contributed by atoms with van der Waals surface area (Å²) in [5.41, 5.74) is 0. The Bertz CT molecular complexity index is 308. The highest BCUT2D eigenvalue weighted by Gasteiger charge is 2.29. The van der Waals surface area contributed by atoms with Gasteiger partial charge in [0.25, 0.3) is 0 Å². The van der Waals surface area contributed by atoms with Gasteiger partial charge < -0.3 is 19.9 Å². The van der Waals surface area contributed by atoms with Crippen molar-refractivity contribution in [3.05, 3.63) is 0 Å². The number of carbonyl (C=O) groups is 2. The fraction of sp³-hybridized carbons (Fsp3) is 0.833. The molecule has 0 bridgehead atoms. The average molecular weight is 255 g/mol. The molecule has 2 heterocycles. The molecule has 2 aliphatic rings. The molecule has 1 atom stereocenters. The topological polar surface area (TPSA) is 61.9 Å². The first kappa shape index (κ1) is 13.1. The summed E-state index contributed by atoms with van der Waals surface area (Å²) in [6.45, 7) is 3.26. The largest absolute Gasteiger partial charge is 0.453 e. The molecule has 0 unspecified atom stereocenters. The number of piperidine rings is 1. The van der Waals surface area contributed by atoms with Gasteiger partial charge in [0.2, 0.25) is 5.91 Å². The van der Waals surface area contributed by atoms with Crippen LogP contribution in [0.1, 0.15) is 19.3 Å². The highest BCUT2D eigenvalue weighted by Crippen LogP contribution is 2.12. The van der Waals surface area contributed by atoms with Crippen molar-refractivity contribution in [2.24, 2.45) is 0 Å². The summed E-state index contributed by atoms with van der Waals surface area (Å²) in [5.74, 6) is 0.180. The van der Waals surface area contributed by atoms with Crippen LogP contribution in [0.2, 0.25) is 0 Å². The van der Waals surface area contributed by atoms with E-state index in [2.05, 4.69) is 10.1 Å². The predicted molar refractivity (Wildman–Crippen MR) is 66.2 cm³/mol. The Kier molecular flexibility index (Phi) is 4.41. The molecule has 0 aromatic carbocycles. The van der Waals surface area contributed by atoms with E-state index in [4.69, 9.17) is 0 Å². The number of nitrogens with one attached hydrogen (secondary N) is 1. The summed E-state index contributed by atoms with van der Waals surface area (Å²) in [5, 5.41) is 3.26. The normalized spacial score (nSPS) is 24.8. The van der Waals surface area contributed by atoms with Crippen LogP contribution in [0.4, 0.5) is 4.79 Å². The molecule has 2 saturated heterocycles. The van der Waals surface area contributed by atoms with Crippen LogP contribution in [0.25, 0.3) is 0 Å². The molecular formula is C12H21N3O3. The number of methoxy groups -OCH3 is 1. The van der Waals surface area contributed by atoms with Gasteiger partial charge in [0, 0.05) is 26.2 Å². The molecular weight excluding hydrogens is 234 g/mol. The van der Waals surface area contributed by atoms with Crippen LogP contribution >= 0.6 is 0 Å². The number of nitrogens with zero attached hydrogens (tertiary/aromatic N) is 2. The second-order valence-corrected chi connectivity index (χ2v) is 4.78. The molecule has 1 N–H and O–H groups in total. The molecule has 2 fully saturated rings. The quantitative estimate of drug-likeness (QED) is 0.718. The number of amides is 2. The van der Waals surface area contributed by atoms with Gasteiger partial charge in [-0.2, -0.15) is 0 Å². The molecule has 0 aromatic heterocycles. The lowest BCUT2D eigenvalue weighted by Crippen LogP contribution is -2.55. The fourth-order valence-electron chi connectivity index (χ4n) is 2.52. The van der Waals surface area contributed by atoms with E-state index < -0.39 is 0 Å². The Labute approximate surface area is 107 Å². The first-order valence-electron chi connectivity index (χ1n) is 6.57. The SMILES string of the molecule is COC(=O)N1CCN(C(=O)[C@H]2CCCCN2)CC1. The second-order valence-electron chi connectivity index (χ2n) is 4.78. The van der Waals surface area contributed by atoms with E-state index in [1.807, 2.05) is 4.90 Å². The van der Waals surface area contributed by atoms with Gasteiger partial charge in [-0.25, -0.2) is 4.79 Å². The zero-order valence-corrected chi connectivity index (χ0v) is 10.9. The molecule has 0 aromatic rings. The van der Waals surface area contributed by atoms with Crippen molar-refractivity contribution >= 4 is 12.0 Å². The molecule has 2 aliphatic heterocycles. The first-order valence-corrected chi connectivity index (χ1v) is 6.57. The van der Waals surface area contributed by atoms with Gasteiger partial charge in [-0.15, -0.1) is 0 Å². The molecule has 0 saturated carbocycles. The van der Waals surface area contributed by atoms with E-state index >= 15 is 0 Å². The summed E-state index contributed by atoms with van der Waals surface area (Å²) in [4.78, 5) is 27.0. The standard InChI is InChI=1S/C12H21N3O3/c1-18-12(17)15-8-6-14(7-9-15)11(16)10-4-2-3-5-13-10/h10,13H,2-9H2,1H3/t10-/m1/s1. The van der Waals surface area contributed by atoms with Crippen molar-refractivity contribution in [2.75, 3.05) is 39.8 Å². The fourth-order valence-corrected chi connectivity index (χ4v) is 2.52. The van der Waals surface area contributed by atoms with Gasteiger partial charge in [0.05, 0.1) is 13.2 Å². The van der Waals surface area contributed by atoms with E-state index in [0.717, 1.165) is 25.8 Å². The first-order chi connectivity index (χ1) is 8.72. The molecule has 18 heavy (non-hydrogen) atoms. The van der Waals surface area contributed by atoms with Gasteiger partial charge >= 0.3 is 6.09 Å². The number of ether oxygens (including phenoxy) is 1. The zero-order valence-electron chi connectivity index (χ0n) is 10.9. The minimum atomic E-state index is -0.308. The minimum Gasteiger partial charge on any atom is -0.453 e. The zero-order chi connectivity index (χ0) is 13.0. The van der Waals surface area contributed by atoms with E-state index in [9.17, 15) is 9.59 Å². The van der Waals surface area contributed by atoms with Crippen molar-refractivity contribution in [2.45, 2.75) is 25.3 Å². The second kappa shape index (κ2) is 6.04. The predicted octanol–water partition coefficient (Wildman–Crippen LogP) is 0.0391. The van der Waals surface area contributed by atoms with E-state index in [-0.39, 0.29) is 18.0 Å². The van der Waals surface area contributed by atoms with Crippen LogP contribution in [-0.2, 0) is 9.53 Å². The molecule has 6 nitrogen and oxygen atoms in total. The van der Waals surface area contributed by atoms with Crippen LogP contribution in [0.5, 0.6) is 0 Å². The van der Waals surface area contributed by atoms with Crippen molar-refractivity contribution in [3.63, 3.8) is 0 Å². The van der Waals surface area contributed by atoms with Crippen LogP contribution in [-0.4, -0.2) is 67.7 Å². The minimum absolute atomic E-state index is 0.0246. The third kappa shape index (κ3) is 2.93. The lowest BCUT2D eigenvalue weighted by molar-refractivity contribution is -0.135. The van der Waals surface area contributed by atoms with Gasteiger partial charge in [0.15, 0.2) is 0 Å². The molecule has 0 radical (unpaired) electrons. The summed E-state index contributed by atoms with van der Waals surface area (Å²) < 4.78 is 4.67. The molecule has 2 amide bonds. The Morgan fingerprint density at radius 3 is 2.33 bits per heavy atom. The van der Waals surface area contributed by atoms with Gasteiger partial charge in [-0.3, -0.25) is 4.79 Å². The number of hydrogen-bond donors (Lipinski definition) is 1. The van der Waals surface area contributed by atoms with Crippen LogP contribution < -0.4 is 5.32 Å². The summed E-state index contributed by atoms with van der Waals surface area (Å²) in [6.07, 6.45) is 2.89. The molecule has 2 rings (SSSR count). The molecule has 6 heteroatoms. The molecule has 102 valence electrons. The van der Waals surface area contributed by atoms with Crippen molar-refractivity contribution < 1.29 is 14.3 Å². The maximum Gasteiger partial charge on any atom is 0.409 e. The van der Waals surface area contributed by atoms with Crippen molar-refractivity contribution in [1.82, 2.24) is 15.1 Å². The number of rotatable bonds is 1. The summed E-state index contributed by atoms with van der Waals surface area (Å²) in [6, 6.07) is -0.0246. The van der Waals surface area contributed by atoms with Crippen LogP contribution in [0.15, 0.2) is 0 Å². The highest BCUT2D eigenvalue weighted by molar-refractivity contribution is 5.82. The van der Waals surface area contributed by atoms with Crippen molar-refractivity contribution in [3.8, 4) is 0 Å². The average Bonchev–Trinajstić information content (AvgIpc) is 2.47. The van der Waals surface area contributed by atoms with Gasteiger partial charge in [-0.05, 0) is 19.4 Å². The number of carbonyl (C=O) groups excluding carboxylic acids is 2. The summed E-state index contributed by atoms with van der Waals surface area (Å²) >= 11 is 0. The maximum atomic E-state index is 12.2. The number of hydrogen-bond acceptors (Lipinski definition) is 4. The third-order valence-corrected chi connectivity index (χ3v) is 3.63. The van der Waals surface area contributed by atoms with E-state index in [1.54, 1.807) is 4.90 Å². The highest BCUT2D eigenvalue weighted by atomic mass is 16.5. The lowest BCUT2D eigenvalue weighted by atomic mass is 10.0. The lowest BCUT2D eigenvalue weighted by Gasteiger charge is -2.36.